The van der Waals surface area contributed by atoms with Gasteiger partial charge in [-0.15, -0.1) is 10.2 Å². The first-order valence-electron chi connectivity index (χ1n) is 11.1. The number of nitrogens with one attached hydrogen (secondary N) is 2. The standard InChI is InChI=1S/C20H38N8O2/c1-17(28-9-13-30-14-10-28)15-22-20(23-16-19-25-24-18(2)26(19)3)21-5-4-6-27-7-11-29-12-8-27/h17H,4-16H2,1-3H3,(H2,21,22,23). The fourth-order valence-electron chi connectivity index (χ4n) is 3.64. The third-order valence-corrected chi connectivity index (χ3v) is 5.84. The second-order valence-corrected chi connectivity index (χ2v) is 8.00. The van der Waals surface area contributed by atoms with Gasteiger partial charge in [0.05, 0.1) is 26.4 Å². The average molecular weight is 423 g/mol. The monoisotopic (exact) mass is 422 g/mol. The summed E-state index contributed by atoms with van der Waals surface area (Å²) < 4.78 is 12.9. The van der Waals surface area contributed by atoms with Crippen molar-refractivity contribution in [2.75, 3.05) is 72.2 Å². The average Bonchev–Trinajstić information content (AvgIpc) is 3.11. The SMILES string of the molecule is Cc1nnc(CN=C(NCCCN2CCOCC2)NCC(C)N2CCOCC2)n1C. The Morgan fingerprint density at radius 1 is 1.07 bits per heavy atom. The summed E-state index contributed by atoms with van der Waals surface area (Å²) in [5.74, 6) is 2.59. The van der Waals surface area contributed by atoms with Crippen LogP contribution in [0.1, 0.15) is 25.0 Å². The van der Waals surface area contributed by atoms with Crippen LogP contribution in [0.15, 0.2) is 4.99 Å². The van der Waals surface area contributed by atoms with Crippen LogP contribution in [-0.4, -0.2) is 109 Å². The van der Waals surface area contributed by atoms with E-state index in [0.29, 0.717) is 12.6 Å². The van der Waals surface area contributed by atoms with E-state index in [1.165, 1.54) is 0 Å². The smallest absolute Gasteiger partial charge is 0.191 e. The largest absolute Gasteiger partial charge is 0.379 e. The zero-order valence-electron chi connectivity index (χ0n) is 18.8. The fourth-order valence-corrected chi connectivity index (χ4v) is 3.64. The maximum atomic E-state index is 5.47. The van der Waals surface area contributed by atoms with E-state index in [2.05, 4.69) is 37.6 Å². The molecule has 10 heteroatoms. The topological polar surface area (TPSA) is 92.1 Å². The normalized spacial score (nSPS) is 20.3. The van der Waals surface area contributed by atoms with Gasteiger partial charge in [0, 0.05) is 52.4 Å². The highest BCUT2D eigenvalue weighted by molar-refractivity contribution is 5.79. The van der Waals surface area contributed by atoms with Crippen molar-refractivity contribution in [3.05, 3.63) is 11.6 Å². The van der Waals surface area contributed by atoms with Crippen molar-refractivity contribution in [2.24, 2.45) is 12.0 Å². The molecule has 30 heavy (non-hydrogen) atoms. The molecule has 170 valence electrons. The number of aryl methyl sites for hydroxylation is 1. The number of aliphatic imine (C=N–C) groups is 1. The van der Waals surface area contributed by atoms with Crippen LogP contribution >= 0.6 is 0 Å². The molecule has 0 bridgehead atoms. The predicted octanol–water partition coefficient (Wildman–Crippen LogP) is -0.398. The Morgan fingerprint density at radius 3 is 2.43 bits per heavy atom. The van der Waals surface area contributed by atoms with E-state index in [9.17, 15) is 0 Å². The van der Waals surface area contributed by atoms with Crippen LogP contribution in [0.3, 0.4) is 0 Å². The number of hydrogen-bond acceptors (Lipinski definition) is 7. The van der Waals surface area contributed by atoms with Crippen LogP contribution in [0.4, 0.5) is 0 Å². The maximum Gasteiger partial charge on any atom is 0.191 e. The van der Waals surface area contributed by atoms with Crippen LogP contribution in [-0.2, 0) is 23.1 Å². The number of hydrogen-bond donors (Lipinski definition) is 2. The van der Waals surface area contributed by atoms with Gasteiger partial charge in [0.2, 0.25) is 0 Å². The summed E-state index contributed by atoms with van der Waals surface area (Å²) in [7, 11) is 1.98. The van der Waals surface area contributed by atoms with Crippen molar-refractivity contribution < 1.29 is 9.47 Å². The van der Waals surface area contributed by atoms with Crippen molar-refractivity contribution in [1.29, 1.82) is 0 Å². The first kappa shape index (κ1) is 22.9. The summed E-state index contributed by atoms with van der Waals surface area (Å²) in [5.41, 5.74) is 0. The minimum atomic E-state index is 0.423. The summed E-state index contributed by atoms with van der Waals surface area (Å²) in [5, 5.41) is 15.4. The van der Waals surface area contributed by atoms with Crippen LogP contribution in [0.5, 0.6) is 0 Å². The van der Waals surface area contributed by atoms with Crippen LogP contribution in [0, 0.1) is 6.92 Å². The van der Waals surface area contributed by atoms with Crippen molar-refractivity contribution in [3.8, 4) is 0 Å². The van der Waals surface area contributed by atoms with Gasteiger partial charge in [0.15, 0.2) is 11.8 Å². The number of guanidine groups is 1. The van der Waals surface area contributed by atoms with E-state index in [1.54, 1.807) is 0 Å². The minimum Gasteiger partial charge on any atom is -0.379 e. The zero-order chi connectivity index (χ0) is 21.2. The Balaban J connectivity index is 1.49. The Hall–Kier alpha value is -1.75. The summed E-state index contributed by atoms with van der Waals surface area (Å²) in [6.07, 6.45) is 1.07. The fraction of sp³-hybridized carbons (Fsp3) is 0.850. The molecule has 0 spiro atoms. The van der Waals surface area contributed by atoms with E-state index < -0.39 is 0 Å². The van der Waals surface area contributed by atoms with E-state index in [-0.39, 0.29) is 0 Å². The molecule has 1 aromatic rings. The zero-order valence-corrected chi connectivity index (χ0v) is 18.8. The molecule has 2 N–H and O–H groups in total. The van der Waals surface area contributed by atoms with E-state index in [4.69, 9.17) is 14.5 Å². The quantitative estimate of drug-likeness (QED) is 0.316. The Kier molecular flexibility index (Phi) is 9.31. The van der Waals surface area contributed by atoms with Crippen LogP contribution < -0.4 is 10.6 Å². The van der Waals surface area contributed by atoms with Crippen LogP contribution in [0.25, 0.3) is 0 Å². The van der Waals surface area contributed by atoms with Gasteiger partial charge >= 0.3 is 0 Å². The third kappa shape index (κ3) is 7.19. The molecule has 1 unspecified atom stereocenters. The first-order valence-corrected chi connectivity index (χ1v) is 11.1. The molecule has 3 heterocycles. The Labute approximate surface area is 180 Å². The molecule has 2 saturated heterocycles. The van der Waals surface area contributed by atoms with Gasteiger partial charge in [0.25, 0.3) is 0 Å². The van der Waals surface area contributed by atoms with Crippen LogP contribution in [0.2, 0.25) is 0 Å². The molecule has 3 rings (SSSR count). The molecule has 10 nitrogen and oxygen atoms in total. The van der Waals surface area contributed by atoms with Gasteiger partial charge in [-0.25, -0.2) is 4.99 Å². The van der Waals surface area contributed by atoms with Gasteiger partial charge < -0.3 is 24.7 Å². The molecule has 2 aliphatic rings. The lowest BCUT2D eigenvalue weighted by Gasteiger charge is -2.32. The molecular weight excluding hydrogens is 384 g/mol. The van der Waals surface area contributed by atoms with Gasteiger partial charge in [-0.1, -0.05) is 0 Å². The highest BCUT2D eigenvalue weighted by Gasteiger charge is 2.17. The predicted molar refractivity (Wildman–Crippen MR) is 117 cm³/mol. The number of aromatic nitrogens is 3. The van der Waals surface area contributed by atoms with Crippen molar-refractivity contribution in [2.45, 2.75) is 32.9 Å². The van der Waals surface area contributed by atoms with Crippen molar-refractivity contribution >= 4 is 5.96 Å². The maximum absolute atomic E-state index is 5.47. The number of rotatable bonds is 9. The molecular formula is C20H38N8O2. The number of morpholine rings is 2. The summed E-state index contributed by atoms with van der Waals surface area (Å²) >= 11 is 0. The second kappa shape index (κ2) is 12.2. The number of ether oxygens (including phenoxy) is 2. The Morgan fingerprint density at radius 2 is 1.77 bits per heavy atom. The van der Waals surface area contributed by atoms with Gasteiger partial charge in [-0.05, 0) is 26.8 Å². The first-order chi connectivity index (χ1) is 14.6. The molecule has 1 atom stereocenters. The highest BCUT2D eigenvalue weighted by atomic mass is 16.5. The molecule has 0 amide bonds. The van der Waals surface area contributed by atoms with E-state index in [1.807, 2.05) is 18.5 Å². The van der Waals surface area contributed by atoms with Crippen molar-refractivity contribution in [3.63, 3.8) is 0 Å². The van der Waals surface area contributed by atoms with Crippen molar-refractivity contribution in [1.82, 2.24) is 35.2 Å². The lowest BCUT2D eigenvalue weighted by Crippen LogP contribution is -2.49. The van der Waals surface area contributed by atoms with E-state index >= 15 is 0 Å². The lowest BCUT2D eigenvalue weighted by atomic mass is 10.2. The minimum absolute atomic E-state index is 0.423. The van der Waals surface area contributed by atoms with Gasteiger partial charge in [-0.2, -0.15) is 0 Å². The van der Waals surface area contributed by atoms with Gasteiger partial charge in [0.1, 0.15) is 12.4 Å². The van der Waals surface area contributed by atoms with E-state index in [0.717, 1.165) is 96.3 Å². The molecule has 1 aromatic heterocycles. The third-order valence-electron chi connectivity index (χ3n) is 5.84. The lowest BCUT2D eigenvalue weighted by molar-refractivity contribution is 0.0211. The Bertz CT molecular complexity index is 653. The number of nitrogens with zero attached hydrogens (tertiary/aromatic N) is 6. The second-order valence-electron chi connectivity index (χ2n) is 8.00. The summed E-state index contributed by atoms with van der Waals surface area (Å²) in [4.78, 5) is 9.68. The molecule has 0 aliphatic carbocycles. The summed E-state index contributed by atoms with van der Waals surface area (Å²) in [6.45, 7) is 14.9. The van der Waals surface area contributed by atoms with Gasteiger partial charge in [-0.3, -0.25) is 9.80 Å². The highest BCUT2D eigenvalue weighted by Crippen LogP contribution is 2.03. The molecule has 0 saturated carbocycles. The molecule has 2 aliphatic heterocycles. The molecule has 2 fully saturated rings. The molecule has 0 radical (unpaired) electrons. The summed E-state index contributed by atoms with van der Waals surface area (Å²) in [6, 6.07) is 0.423. The molecule has 0 aromatic carbocycles.